The van der Waals surface area contributed by atoms with Gasteiger partial charge in [-0.15, -0.1) is 0 Å². The number of hydrogen-bond donors (Lipinski definition) is 2. The fraction of sp³-hybridized carbons (Fsp3) is 0.375. The van der Waals surface area contributed by atoms with Crippen molar-refractivity contribution in [3.63, 3.8) is 0 Å². The number of fused-ring (bicyclic) bond motifs is 1. The van der Waals surface area contributed by atoms with Crippen LogP contribution in [-0.2, 0) is 18.4 Å². The normalized spacial score (nSPS) is 16.4. The number of anilines is 1. The zero-order valence-corrected chi connectivity index (χ0v) is 12.4. The van der Waals surface area contributed by atoms with Crippen molar-refractivity contribution < 1.29 is 4.79 Å². The molecule has 1 aliphatic rings. The van der Waals surface area contributed by atoms with E-state index in [4.69, 9.17) is 0 Å². The van der Waals surface area contributed by atoms with E-state index in [-0.39, 0.29) is 11.8 Å². The van der Waals surface area contributed by atoms with Gasteiger partial charge in [-0.3, -0.25) is 9.48 Å². The van der Waals surface area contributed by atoms with Crippen molar-refractivity contribution in [3.05, 3.63) is 47.3 Å². The largest absolute Gasteiger partial charge is 0.384 e. The fourth-order valence-electron chi connectivity index (χ4n) is 2.75. The minimum absolute atomic E-state index is 0.0850. The van der Waals surface area contributed by atoms with Gasteiger partial charge in [-0.25, -0.2) is 0 Å². The fourth-order valence-corrected chi connectivity index (χ4v) is 2.75. The molecule has 0 saturated heterocycles. The predicted molar refractivity (Wildman–Crippen MR) is 82.1 cm³/mol. The molecule has 1 atom stereocenters. The Bertz CT molecular complexity index is 662. The molecule has 1 aromatic carbocycles. The molecule has 3 rings (SSSR count). The summed E-state index contributed by atoms with van der Waals surface area (Å²) in [5.74, 6) is 0.345. The highest BCUT2D eigenvalue weighted by atomic mass is 16.1. The van der Waals surface area contributed by atoms with Crippen LogP contribution in [0.5, 0.6) is 0 Å². The van der Waals surface area contributed by atoms with Crippen LogP contribution in [0.2, 0.25) is 0 Å². The minimum Gasteiger partial charge on any atom is -0.384 e. The molecule has 2 N–H and O–H groups in total. The van der Waals surface area contributed by atoms with Crippen molar-refractivity contribution in [2.24, 2.45) is 7.05 Å². The second-order valence-corrected chi connectivity index (χ2v) is 5.52. The van der Waals surface area contributed by atoms with Crippen LogP contribution >= 0.6 is 0 Å². The Morgan fingerprint density at radius 1 is 1.48 bits per heavy atom. The molecule has 0 fully saturated rings. The number of benzene rings is 1. The smallest absolute Gasteiger partial charge is 0.220 e. The Kier molecular flexibility index (Phi) is 3.64. The van der Waals surface area contributed by atoms with Crippen LogP contribution in [0, 0.1) is 6.92 Å². The van der Waals surface area contributed by atoms with Gasteiger partial charge in [0.1, 0.15) is 0 Å². The number of amides is 1. The summed E-state index contributed by atoms with van der Waals surface area (Å²) >= 11 is 0. The lowest BCUT2D eigenvalue weighted by Gasteiger charge is -2.10. The average Bonchev–Trinajstić information content (AvgIpc) is 3.03. The van der Waals surface area contributed by atoms with Gasteiger partial charge in [0.15, 0.2) is 0 Å². The zero-order chi connectivity index (χ0) is 14.8. The van der Waals surface area contributed by atoms with Gasteiger partial charge in [-0.05, 0) is 18.6 Å². The van der Waals surface area contributed by atoms with Gasteiger partial charge in [0.25, 0.3) is 0 Å². The molecule has 0 radical (unpaired) electrons. The van der Waals surface area contributed by atoms with Crippen LogP contribution in [0.15, 0.2) is 30.5 Å². The Morgan fingerprint density at radius 2 is 2.29 bits per heavy atom. The highest BCUT2D eigenvalue weighted by Crippen LogP contribution is 2.32. The molecule has 110 valence electrons. The summed E-state index contributed by atoms with van der Waals surface area (Å²) in [4.78, 5) is 12.1. The Labute approximate surface area is 124 Å². The summed E-state index contributed by atoms with van der Waals surface area (Å²) in [5.41, 5.74) is 4.54. The van der Waals surface area contributed by atoms with Crippen LogP contribution < -0.4 is 10.6 Å². The van der Waals surface area contributed by atoms with Crippen molar-refractivity contribution in [1.29, 1.82) is 0 Å². The first-order valence-electron chi connectivity index (χ1n) is 7.22. The van der Waals surface area contributed by atoms with E-state index in [9.17, 15) is 4.79 Å². The van der Waals surface area contributed by atoms with Crippen LogP contribution in [0.1, 0.15) is 29.2 Å². The van der Waals surface area contributed by atoms with E-state index in [1.807, 2.05) is 37.0 Å². The quantitative estimate of drug-likeness (QED) is 0.902. The number of nitrogens with zero attached hydrogens (tertiary/aromatic N) is 2. The molecule has 0 bridgehead atoms. The summed E-state index contributed by atoms with van der Waals surface area (Å²) in [6, 6.07) is 8.19. The maximum Gasteiger partial charge on any atom is 0.220 e. The first-order chi connectivity index (χ1) is 10.1. The summed E-state index contributed by atoms with van der Waals surface area (Å²) in [6.07, 6.45) is 2.32. The summed E-state index contributed by atoms with van der Waals surface area (Å²) in [7, 11) is 1.90. The number of rotatable bonds is 4. The van der Waals surface area contributed by atoms with Gasteiger partial charge in [0.2, 0.25) is 5.91 Å². The predicted octanol–water partition coefficient (Wildman–Crippen LogP) is 1.94. The summed E-state index contributed by atoms with van der Waals surface area (Å²) in [5, 5.41) is 10.5. The van der Waals surface area contributed by atoms with Gasteiger partial charge < -0.3 is 10.6 Å². The third-order valence-corrected chi connectivity index (χ3v) is 4.18. The lowest BCUT2D eigenvalue weighted by Crippen LogP contribution is -2.25. The second-order valence-electron chi connectivity index (χ2n) is 5.52. The number of carbonyl (C=O) groups is 1. The van der Waals surface area contributed by atoms with E-state index < -0.39 is 0 Å². The molecule has 2 aromatic rings. The van der Waals surface area contributed by atoms with Crippen molar-refractivity contribution in [2.45, 2.75) is 25.8 Å². The minimum atomic E-state index is 0.0850. The summed E-state index contributed by atoms with van der Waals surface area (Å²) in [6.45, 7) is 3.38. The Balaban J connectivity index is 1.57. The number of hydrogen-bond acceptors (Lipinski definition) is 3. The van der Waals surface area contributed by atoms with E-state index in [1.165, 1.54) is 5.56 Å². The van der Waals surface area contributed by atoms with Gasteiger partial charge in [0.05, 0.1) is 6.20 Å². The van der Waals surface area contributed by atoms with E-state index in [2.05, 4.69) is 27.9 Å². The topological polar surface area (TPSA) is 59.0 Å². The molecule has 0 spiro atoms. The standard InChI is InChI=1S/C16H20N4O/c1-11-13(10-19-20(11)2)9-18-16(21)7-12-8-17-15-6-4-3-5-14(12)15/h3-6,10,12,17H,7-9H2,1-2H3,(H,18,21). The van der Waals surface area contributed by atoms with Crippen molar-refractivity contribution in [2.75, 3.05) is 11.9 Å². The average molecular weight is 284 g/mol. The number of nitrogens with one attached hydrogen (secondary N) is 2. The molecular formula is C16H20N4O. The van der Waals surface area contributed by atoms with E-state index in [0.29, 0.717) is 13.0 Å². The van der Waals surface area contributed by atoms with Gasteiger partial charge >= 0.3 is 0 Å². The first kappa shape index (κ1) is 13.7. The monoisotopic (exact) mass is 284 g/mol. The van der Waals surface area contributed by atoms with Crippen molar-refractivity contribution in [1.82, 2.24) is 15.1 Å². The van der Waals surface area contributed by atoms with Gasteiger partial charge in [0, 0.05) is 49.4 Å². The molecule has 5 heteroatoms. The van der Waals surface area contributed by atoms with E-state index >= 15 is 0 Å². The van der Waals surface area contributed by atoms with Gasteiger partial charge in [-0.1, -0.05) is 18.2 Å². The molecule has 1 unspecified atom stereocenters. The van der Waals surface area contributed by atoms with Crippen LogP contribution in [-0.4, -0.2) is 22.2 Å². The molecule has 5 nitrogen and oxygen atoms in total. The van der Waals surface area contributed by atoms with E-state index in [0.717, 1.165) is 23.5 Å². The molecule has 0 aliphatic carbocycles. The Morgan fingerprint density at radius 3 is 3.05 bits per heavy atom. The molecule has 2 heterocycles. The number of para-hydroxylation sites is 1. The Hall–Kier alpha value is -2.30. The van der Waals surface area contributed by atoms with Gasteiger partial charge in [-0.2, -0.15) is 5.10 Å². The van der Waals surface area contributed by atoms with Crippen LogP contribution in [0.4, 0.5) is 5.69 Å². The van der Waals surface area contributed by atoms with Crippen LogP contribution in [0.25, 0.3) is 0 Å². The first-order valence-corrected chi connectivity index (χ1v) is 7.22. The summed E-state index contributed by atoms with van der Waals surface area (Å²) < 4.78 is 1.82. The molecule has 1 amide bonds. The number of aryl methyl sites for hydroxylation is 1. The third kappa shape index (κ3) is 2.77. The number of carbonyl (C=O) groups excluding carboxylic acids is 1. The maximum atomic E-state index is 12.1. The molecule has 1 aromatic heterocycles. The number of aromatic nitrogens is 2. The molecule has 0 saturated carbocycles. The molecule has 1 aliphatic heterocycles. The highest BCUT2D eigenvalue weighted by Gasteiger charge is 2.23. The van der Waals surface area contributed by atoms with E-state index in [1.54, 1.807) is 0 Å². The maximum absolute atomic E-state index is 12.1. The molecular weight excluding hydrogens is 264 g/mol. The highest BCUT2D eigenvalue weighted by molar-refractivity contribution is 5.78. The lowest BCUT2D eigenvalue weighted by molar-refractivity contribution is -0.121. The SMILES string of the molecule is Cc1c(CNC(=O)CC2CNc3ccccc32)cnn1C. The lowest BCUT2D eigenvalue weighted by atomic mass is 9.97. The molecule has 21 heavy (non-hydrogen) atoms. The van der Waals surface area contributed by atoms with Crippen molar-refractivity contribution >= 4 is 11.6 Å². The van der Waals surface area contributed by atoms with Crippen molar-refractivity contribution in [3.8, 4) is 0 Å². The van der Waals surface area contributed by atoms with Crippen LogP contribution in [0.3, 0.4) is 0 Å². The second kappa shape index (κ2) is 5.60. The zero-order valence-electron chi connectivity index (χ0n) is 12.4. The third-order valence-electron chi connectivity index (χ3n) is 4.18.